The summed E-state index contributed by atoms with van der Waals surface area (Å²) in [5.74, 6) is 0.247. The maximum atomic E-state index is 12.3. The summed E-state index contributed by atoms with van der Waals surface area (Å²) in [5, 5.41) is 9.56. The van der Waals surface area contributed by atoms with Crippen molar-refractivity contribution in [1.82, 2.24) is 14.8 Å². The number of carbonyl (C=O) groups excluding carboxylic acids is 2. The van der Waals surface area contributed by atoms with E-state index in [1.165, 1.54) is 17.3 Å². The molecule has 2 N–H and O–H groups in total. The van der Waals surface area contributed by atoms with Gasteiger partial charge in [-0.05, 0) is 55.5 Å². The largest absolute Gasteiger partial charge is 0.497 e. The second-order valence-corrected chi connectivity index (χ2v) is 5.80. The molecular formula is C19H19N5O3. The van der Waals surface area contributed by atoms with Crippen molar-refractivity contribution < 1.29 is 14.3 Å². The average molecular weight is 365 g/mol. The molecule has 2 amide bonds. The Kier molecular flexibility index (Phi) is 5.46. The number of anilines is 2. The van der Waals surface area contributed by atoms with Gasteiger partial charge in [-0.1, -0.05) is 0 Å². The summed E-state index contributed by atoms with van der Waals surface area (Å²) in [7, 11) is 1.57. The van der Waals surface area contributed by atoms with Gasteiger partial charge in [0, 0.05) is 16.9 Å². The summed E-state index contributed by atoms with van der Waals surface area (Å²) < 4.78 is 6.55. The molecule has 138 valence electrons. The van der Waals surface area contributed by atoms with E-state index in [2.05, 4.69) is 20.7 Å². The molecule has 1 atom stereocenters. The van der Waals surface area contributed by atoms with Gasteiger partial charge in [-0.3, -0.25) is 9.59 Å². The number of nitrogens with one attached hydrogen (secondary N) is 2. The average Bonchev–Trinajstić information content (AvgIpc) is 3.23. The Bertz CT molecular complexity index is 906. The summed E-state index contributed by atoms with van der Waals surface area (Å²) in [5.41, 5.74) is 1.77. The molecule has 0 bridgehead atoms. The number of ether oxygens (including phenoxy) is 1. The Balaban J connectivity index is 1.59. The number of hydrogen-bond acceptors (Lipinski definition) is 5. The van der Waals surface area contributed by atoms with E-state index in [0.717, 1.165) is 0 Å². The van der Waals surface area contributed by atoms with Gasteiger partial charge >= 0.3 is 0 Å². The fraction of sp³-hybridized carbons (Fsp3) is 0.158. The minimum Gasteiger partial charge on any atom is -0.497 e. The molecule has 27 heavy (non-hydrogen) atoms. The zero-order valence-electron chi connectivity index (χ0n) is 14.9. The number of amides is 2. The van der Waals surface area contributed by atoms with Crippen LogP contribution in [0.2, 0.25) is 0 Å². The maximum absolute atomic E-state index is 12.3. The van der Waals surface area contributed by atoms with Crippen LogP contribution in [0.15, 0.2) is 61.2 Å². The molecule has 2 aromatic carbocycles. The quantitative estimate of drug-likeness (QED) is 0.700. The molecule has 1 aromatic heterocycles. The standard InChI is InChI=1S/C19H19N5O3/c1-13(24-12-20-11-21-24)18(25)22-15-5-7-16(8-6-15)23-19(26)14-3-9-17(27-2)10-4-14/h3-13H,1-2H3,(H,22,25)(H,23,26)/t13-/m1/s1. The van der Waals surface area contributed by atoms with Gasteiger partial charge in [0.05, 0.1) is 7.11 Å². The van der Waals surface area contributed by atoms with Crippen LogP contribution in [0, 0.1) is 0 Å². The Hall–Kier alpha value is -3.68. The first-order chi connectivity index (χ1) is 13.1. The minimum atomic E-state index is -0.484. The zero-order valence-corrected chi connectivity index (χ0v) is 14.9. The normalized spacial score (nSPS) is 11.5. The highest BCUT2D eigenvalue weighted by Crippen LogP contribution is 2.17. The summed E-state index contributed by atoms with van der Waals surface area (Å²) in [4.78, 5) is 28.3. The van der Waals surface area contributed by atoms with Crippen LogP contribution in [0.25, 0.3) is 0 Å². The number of methoxy groups -OCH3 is 1. The maximum Gasteiger partial charge on any atom is 0.255 e. The lowest BCUT2D eigenvalue weighted by Crippen LogP contribution is -2.24. The van der Waals surface area contributed by atoms with Gasteiger partial charge in [-0.2, -0.15) is 5.10 Å². The highest BCUT2D eigenvalue weighted by atomic mass is 16.5. The van der Waals surface area contributed by atoms with Crippen molar-refractivity contribution in [2.45, 2.75) is 13.0 Å². The molecule has 0 spiro atoms. The van der Waals surface area contributed by atoms with Gasteiger partial charge in [0.2, 0.25) is 5.91 Å². The van der Waals surface area contributed by atoms with E-state index in [9.17, 15) is 9.59 Å². The molecule has 0 aliphatic rings. The molecule has 0 fully saturated rings. The molecule has 1 heterocycles. The lowest BCUT2D eigenvalue weighted by atomic mass is 10.2. The lowest BCUT2D eigenvalue weighted by Gasteiger charge is -2.12. The third-order valence-corrected chi connectivity index (χ3v) is 3.98. The van der Waals surface area contributed by atoms with Crippen LogP contribution >= 0.6 is 0 Å². The fourth-order valence-corrected chi connectivity index (χ4v) is 2.37. The Morgan fingerprint density at radius 1 is 1.00 bits per heavy atom. The predicted molar refractivity (Wildman–Crippen MR) is 101 cm³/mol. The van der Waals surface area contributed by atoms with E-state index in [-0.39, 0.29) is 11.8 Å². The second kappa shape index (κ2) is 8.13. The molecule has 0 aliphatic heterocycles. The van der Waals surface area contributed by atoms with E-state index >= 15 is 0 Å². The summed E-state index contributed by atoms with van der Waals surface area (Å²) in [6.07, 6.45) is 2.87. The van der Waals surface area contributed by atoms with Crippen LogP contribution in [0.1, 0.15) is 23.3 Å². The molecular weight excluding hydrogens is 346 g/mol. The van der Waals surface area contributed by atoms with Crippen molar-refractivity contribution >= 4 is 23.2 Å². The van der Waals surface area contributed by atoms with E-state index in [1.807, 2.05) is 0 Å². The van der Waals surface area contributed by atoms with Gasteiger partial charge in [-0.15, -0.1) is 0 Å². The van der Waals surface area contributed by atoms with Crippen molar-refractivity contribution in [2.24, 2.45) is 0 Å². The Labute approximate surface area is 156 Å². The predicted octanol–water partition coefficient (Wildman–Crippen LogP) is 2.74. The van der Waals surface area contributed by atoms with Gasteiger partial charge in [0.25, 0.3) is 5.91 Å². The number of benzene rings is 2. The molecule has 8 nitrogen and oxygen atoms in total. The Morgan fingerprint density at radius 2 is 1.63 bits per heavy atom. The Morgan fingerprint density at radius 3 is 2.19 bits per heavy atom. The van der Waals surface area contributed by atoms with E-state index in [0.29, 0.717) is 22.7 Å². The smallest absolute Gasteiger partial charge is 0.255 e. The molecule has 0 saturated carbocycles. The first-order valence-electron chi connectivity index (χ1n) is 8.27. The highest BCUT2D eigenvalue weighted by Gasteiger charge is 2.15. The first kappa shape index (κ1) is 18.1. The summed E-state index contributed by atoms with van der Waals surface area (Å²) in [6.45, 7) is 1.73. The molecule has 0 aliphatic carbocycles. The molecule has 8 heteroatoms. The third-order valence-electron chi connectivity index (χ3n) is 3.98. The van der Waals surface area contributed by atoms with Crippen LogP contribution in [-0.4, -0.2) is 33.7 Å². The van der Waals surface area contributed by atoms with Crippen molar-refractivity contribution in [2.75, 3.05) is 17.7 Å². The number of hydrogen-bond donors (Lipinski definition) is 2. The second-order valence-electron chi connectivity index (χ2n) is 5.80. The highest BCUT2D eigenvalue weighted by molar-refractivity contribution is 6.04. The fourth-order valence-electron chi connectivity index (χ4n) is 2.37. The van der Waals surface area contributed by atoms with Crippen molar-refractivity contribution in [3.63, 3.8) is 0 Å². The first-order valence-corrected chi connectivity index (χ1v) is 8.27. The van der Waals surface area contributed by atoms with E-state index in [4.69, 9.17) is 4.74 Å². The van der Waals surface area contributed by atoms with Gasteiger partial charge in [0.15, 0.2) is 0 Å². The monoisotopic (exact) mass is 365 g/mol. The zero-order chi connectivity index (χ0) is 19.2. The van der Waals surface area contributed by atoms with Crippen LogP contribution in [-0.2, 0) is 4.79 Å². The molecule has 0 unspecified atom stereocenters. The van der Waals surface area contributed by atoms with Crippen molar-refractivity contribution in [1.29, 1.82) is 0 Å². The minimum absolute atomic E-state index is 0.212. The van der Waals surface area contributed by atoms with Gasteiger partial charge < -0.3 is 15.4 Å². The number of carbonyl (C=O) groups is 2. The van der Waals surface area contributed by atoms with Gasteiger partial charge in [-0.25, -0.2) is 9.67 Å². The lowest BCUT2D eigenvalue weighted by molar-refractivity contribution is -0.119. The van der Waals surface area contributed by atoms with Crippen LogP contribution in [0.3, 0.4) is 0 Å². The molecule has 3 rings (SSSR count). The van der Waals surface area contributed by atoms with Crippen molar-refractivity contribution in [3.8, 4) is 5.75 Å². The summed E-state index contributed by atoms with van der Waals surface area (Å²) in [6, 6.07) is 13.2. The topological polar surface area (TPSA) is 98.1 Å². The molecule has 0 saturated heterocycles. The van der Waals surface area contributed by atoms with Crippen LogP contribution in [0.5, 0.6) is 5.75 Å². The van der Waals surface area contributed by atoms with Crippen LogP contribution in [0.4, 0.5) is 11.4 Å². The van der Waals surface area contributed by atoms with Gasteiger partial charge in [0.1, 0.15) is 24.4 Å². The van der Waals surface area contributed by atoms with E-state index in [1.54, 1.807) is 62.6 Å². The SMILES string of the molecule is COc1ccc(C(=O)Nc2ccc(NC(=O)[C@@H](C)n3cncn3)cc2)cc1. The number of nitrogens with zero attached hydrogens (tertiary/aromatic N) is 3. The molecule has 3 aromatic rings. The summed E-state index contributed by atoms with van der Waals surface area (Å²) >= 11 is 0. The van der Waals surface area contributed by atoms with Crippen LogP contribution < -0.4 is 15.4 Å². The van der Waals surface area contributed by atoms with E-state index < -0.39 is 6.04 Å². The molecule has 0 radical (unpaired) electrons. The number of aromatic nitrogens is 3. The third kappa shape index (κ3) is 4.49. The number of rotatable bonds is 6. The van der Waals surface area contributed by atoms with Crippen molar-refractivity contribution in [3.05, 3.63) is 66.7 Å².